The van der Waals surface area contributed by atoms with Crippen LogP contribution in [-0.2, 0) is 0 Å². The Morgan fingerprint density at radius 1 is 1.21 bits per heavy atom. The van der Waals surface area contributed by atoms with Crippen molar-refractivity contribution < 1.29 is 0 Å². The minimum absolute atomic E-state index is 0.767. The predicted octanol–water partition coefficient (Wildman–Crippen LogP) is 0.422. The van der Waals surface area contributed by atoms with Crippen LogP contribution in [0.3, 0.4) is 0 Å². The van der Waals surface area contributed by atoms with E-state index in [0.29, 0.717) is 0 Å². The Labute approximate surface area is 87.2 Å². The standard InChI is InChI=1S/C11H23N3/c1-12-10-3-2-4-11(9-10)14-7-5-13-6-8-14/h10-13H,2-9H2,1H3/t10?,11-/m1/s1. The molecule has 2 atom stereocenters. The molecule has 1 aliphatic carbocycles. The third kappa shape index (κ3) is 2.47. The zero-order valence-electron chi connectivity index (χ0n) is 9.26. The van der Waals surface area contributed by atoms with E-state index >= 15 is 0 Å². The van der Waals surface area contributed by atoms with Gasteiger partial charge in [0.1, 0.15) is 0 Å². The summed E-state index contributed by atoms with van der Waals surface area (Å²) in [5, 5.41) is 6.85. The van der Waals surface area contributed by atoms with E-state index in [-0.39, 0.29) is 0 Å². The summed E-state index contributed by atoms with van der Waals surface area (Å²) in [4.78, 5) is 2.68. The molecule has 0 amide bonds. The molecule has 3 heteroatoms. The lowest BCUT2D eigenvalue weighted by atomic mass is 9.90. The molecule has 1 saturated carbocycles. The van der Waals surface area contributed by atoms with Gasteiger partial charge in [-0.3, -0.25) is 4.90 Å². The topological polar surface area (TPSA) is 27.3 Å². The molecule has 0 aromatic carbocycles. The lowest BCUT2D eigenvalue weighted by molar-refractivity contribution is 0.126. The van der Waals surface area contributed by atoms with Crippen LogP contribution in [0.5, 0.6) is 0 Å². The summed E-state index contributed by atoms with van der Waals surface area (Å²) < 4.78 is 0. The van der Waals surface area contributed by atoms with Gasteiger partial charge in [-0.05, 0) is 26.3 Å². The number of hydrogen-bond donors (Lipinski definition) is 2. The highest BCUT2D eigenvalue weighted by Crippen LogP contribution is 2.23. The van der Waals surface area contributed by atoms with E-state index in [0.717, 1.165) is 12.1 Å². The molecule has 0 bridgehead atoms. The molecule has 1 unspecified atom stereocenters. The van der Waals surface area contributed by atoms with Crippen molar-refractivity contribution in [2.75, 3.05) is 33.2 Å². The molecule has 2 N–H and O–H groups in total. The second kappa shape index (κ2) is 5.10. The molecule has 14 heavy (non-hydrogen) atoms. The summed E-state index contributed by atoms with van der Waals surface area (Å²) in [6.07, 6.45) is 5.55. The zero-order chi connectivity index (χ0) is 9.80. The monoisotopic (exact) mass is 197 g/mol. The van der Waals surface area contributed by atoms with Gasteiger partial charge in [0.15, 0.2) is 0 Å². The molecule has 1 saturated heterocycles. The first-order chi connectivity index (χ1) is 6.90. The average Bonchev–Trinajstić information content (AvgIpc) is 2.30. The molecule has 0 aromatic heterocycles. The lowest BCUT2D eigenvalue weighted by Gasteiger charge is -2.39. The van der Waals surface area contributed by atoms with E-state index in [1.54, 1.807) is 0 Å². The van der Waals surface area contributed by atoms with Crippen molar-refractivity contribution in [3.05, 3.63) is 0 Å². The van der Waals surface area contributed by atoms with Gasteiger partial charge in [0.05, 0.1) is 0 Å². The third-order valence-electron chi connectivity index (χ3n) is 3.72. The summed E-state index contributed by atoms with van der Waals surface area (Å²) >= 11 is 0. The van der Waals surface area contributed by atoms with Crippen LogP contribution in [0.2, 0.25) is 0 Å². The van der Waals surface area contributed by atoms with Crippen molar-refractivity contribution in [1.82, 2.24) is 15.5 Å². The van der Waals surface area contributed by atoms with Gasteiger partial charge in [-0.25, -0.2) is 0 Å². The van der Waals surface area contributed by atoms with Crippen LogP contribution in [-0.4, -0.2) is 50.2 Å². The predicted molar refractivity (Wildman–Crippen MR) is 59.5 cm³/mol. The maximum atomic E-state index is 3.43. The van der Waals surface area contributed by atoms with Crippen LogP contribution < -0.4 is 10.6 Å². The van der Waals surface area contributed by atoms with Crippen LogP contribution in [0.4, 0.5) is 0 Å². The lowest BCUT2D eigenvalue weighted by Crippen LogP contribution is -2.51. The molecular weight excluding hydrogens is 174 g/mol. The summed E-state index contributed by atoms with van der Waals surface area (Å²) in [6.45, 7) is 4.86. The van der Waals surface area contributed by atoms with Crippen LogP contribution in [0, 0.1) is 0 Å². The van der Waals surface area contributed by atoms with Gasteiger partial charge in [-0.15, -0.1) is 0 Å². The highest BCUT2D eigenvalue weighted by molar-refractivity contribution is 4.85. The second-order valence-corrected chi connectivity index (χ2v) is 4.59. The maximum Gasteiger partial charge on any atom is 0.0111 e. The van der Waals surface area contributed by atoms with E-state index in [4.69, 9.17) is 0 Å². The van der Waals surface area contributed by atoms with Crippen LogP contribution in [0.15, 0.2) is 0 Å². The number of piperazine rings is 1. The molecule has 2 rings (SSSR count). The van der Waals surface area contributed by atoms with Gasteiger partial charge in [0.25, 0.3) is 0 Å². The normalized spacial score (nSPS) is 35.8. The highest BCUT2D eigenvalue weighted by atomic mass is 15.2. The maximum absolute atomic E-state index is 3.43. The number of rotatable bonds is 2. The van der Waals surface area contributed by atoms with Crippen molar-refractivity contribution in [1.29, 1.82) is 0 Å². The van der Waals surface area contributed by atoms with Crippen molar-refractivity contribution in [2.24, 2.45) is 0 Å². The van der Waals surface area contributed by atoms with Crippen molar-refractivity contribution >= 4 is 0 Å². The first-order valence-corrected chi connectivity index (χ1v) is 6.02. The average molecular weight is 197 g/mol. The molecule has 1 aliphatic heterocycles. The summed E-state index contributed by atoms with van der Waals surface area (Å²) in [6, 6.07) is 1.62. The van der Waals surface area contributed by atoms with Crippen LogP contribution in [0.25, 0.3) is 0 Å². The summed E-state index contributed by atoms with van der Waals surface area (Å²) in [5.41, 5.74) is 0. The first kappa shape index (κ1) is 10.4. The molecule has 0 spiro atoms. The summed E-state index contributed by atoms with van der Waals surface area (Å²) in [7, 11) is 2.10. The van der Waals surface area contributed by atoms with Gasteiger partial charge in [0.2, 0.25) is 0 Å². The molecule has 2 fully saturated rings. The van der Waals surface area contributed by atoms with E-state index in [2.05, 4.69) is 22.6 Å². The molecule has 3 nitrogen and oxygen atoms in total. The number of hydrogen-bond acceptors (Lipinski definition) is 3. The first-order valence-electron chi connectivity index (χ1n) is 6.02. The van der Waals surface area contributed by atoms with Gasteiger partial charge in [-0.2, -0.15) is 0 Å². The summed E-state index contributed by atoms with van der Waals surface area (Å²) in [5.74, 6) is 0. The van der Waals surface area contributed by atoms with E-state index in [9.17, 15) is 0 Å². The molecule has 0 aromatic rings. The Morgan fingerprint density at radius 2 is 2.00 bits per heavy atom. The fourth-order valence-electron chi connectivity index (χ4n) is 2.81. The minimum atomic E-state index is 0.767. The molecule has 0 radical (unpaired) electrons. The third-order valence-corrected chi connectivity index (χ3v) is 3.72. The minimum Gasteiger partial charge on any atom is -0.317 e. The van der Waals surface area contributed by atoms with E-state index in [1.807, 2.05) is 0 Å². The Kier molecular flexibility index (Phi) is 3.79. The van der Waals surface area contributed by atoms with Crippen LogP contribution in [0.1, 0.15) is 25.7 Å². The second-order valence-electron chi connectivity index (χ2n) is 4.59. The fourth-order valence-corrected chi connectivity index (χ4v) is 2.81. The highest BCUT2D eigenvalue weighted by Gasteiger charge is 2.26. The van der Waals surface area contributed by atoms with Crippen molar-refractivity contribution in [3.8, 4) is 0 Å². The molecule has 1 heterocycles. The van der Waals surface area contributed by atoms with Crippen molar-refractivity contribution in [2.45, 2.75) is 37.8 Å². The van der Waals surface area contributed by atoms with Gasteiger partial charge >= 0.3 is 0 Å². The van der Waals surface area contributed by atoms with E-state index in [1.165, 1.54) is 51.9 Å². The van der Waals surface area contributed by atoms with E-state index < -0.39 is 0 Å². The van der Waals surface area contributed by atoms with Gasteiger partial charge in [0, 0.05) is 38.3 Å². The smallest absolute Gasteiger partial charge is 0.0111 e. The molecule has 82 valence electrons. The zero-order valence-corrected chi connectivity index (χ0v) is 9.26. The fraction of sp³-hybridized carbons (Fsp3) is 1.00. The Balaban J connectivity index is 1.83. The quantitative estimate of drug-likeness (QED) is 0.672. The Morgan fingerprint density at radius 3 is 2.71 bits per heavy atom. The Hall–Kier alpha value is -0.120. The Bertz CT molecular complexity index is 166. The largest absolute Gasteiger partial charge is 0.317 e. The molecular formula is C11H23N3. The number of nitrogens with one attached hydrogen (secondary N) is 2. The SMILES string of the molecule is CNC1CCC[C@@H](N2CCNCC2)C1. The van der Waals surface area contributed by atoms with Gasteiger partial charge < -0.3 is 10.6 Å². The van der Waals surface area contributed by atoms with Crippen molar-refractivity contribution in [3.63, 3.8) is 0 Å². The molecule has 2 aliphatic rings. The number of nitrogens with zero attached hydrogens (tertiary/aromatic N) is 1. The van der Waals surface area contributed by atoms with Crippen LogP contribution >= 0.6 is 0 Å². The van der Waals surface area contributed by atoms with Gasteiger partial charge in [-0.1, -0.05) is 6.42 Å².